The van der Waals surface area contributed by atoms with E-state index in [1.54, 1.807) is 25.9 Å². The smallest absolute Gasteiger partial charge is 0.379 e. The molecule has 0 aliphatic heterocycles. The van der Waals surface area contributed by atoms with Crippen molar-refractivity contribution in [2.45, 2.75) is 32.7 Å². The summed E-state index contributed by atoms with van der Waals surface area (Å²) < 4.78 is 16.3. The van der Waals surface area contributed by atoms with Gasteiger partial charge in [-0.1, -0.05) is 6.92 Å². The summed E-state index contributed by atoms with van der Waals surface area (Å²) in [6.45, 7) is 7.01. The van der Waals surface area contributed by atoms with Gasteiger partial charge in [0.05, 0.1) is 33.0 Å². The van der Waals surface area contributed by atoms with Gasteiger partial charge in [0.15, 0.2) is 0 Å². The first-order valence-corrected chi connectivity index (χ1v) is 10.6. The number of nitrogens with zero attached hydrogens (tertiary/aromatic N) is 1. The second-order valence-electron chi connectivity index (χ2n) is 6.22. The number of rotatable bonds is 16. The van der Waals surface area contributed by atoms with Crippen LogP contribution in [0.25, 0.3) is 0 Å². The van der Waals surface area contributed by atoms with Crippen LogP contribution in [0, 0.1) is 5.92 Å². The van der Waals surface area contributed by atoms with Crippen LogP contribution in [-0.4, -0.2) is 88.5 Å². The fourth-order valence-corrected chi connectivity index (χ4v) is 2.29. The molecule has 7 nitrogen and oxygen atoms in total. The minimum atomic E-state index is -0.718. The van der Waals surface area contributed by atoms with Crippen molar-refractivity contribution < 1.29 is 53.4 Å². The van der Waals surface area contributed by atoms with Gasteiger partial charge in [0.25, 0.3) is 0 Å². The Labute approximate surface area is 190 Å². The van der Waals surface area contributed by atoms with E-state index in [4.69, 9.17) is 14.2 Å². The molecule has 0 fully saturated rings. The fourth-order valence-electron chi connectivity index (χ4n) is 2.01. The third-order valence-electron chi connectivity index (χ3n) is 3.78. The Bertz CT molecular complexity index is 389. The van der Waals surface area contributed by atoms with Crippen molar-refractivity contribution in [3.8, 4) is 0 Å². The standard InChI is InChI=1S/C18H36N2O5S.Na/c1-6-15(2)19-17(21)16(18(22)20(3)4)7-8-23-9-10-24-11-12-25-13-14-26-5;/h15-16H,6-14H2,1-5H3,(H,19,21);/q;+1. The molecule has 0 saturated heterocycles. The third-order valence-corrected chi connectivity index (χ3v) is 4.36. The Morgan fingerprint density at radius 2 is 1.52 bits per heavy atom. The normalized spacial score (nSPS) is 12.8. The number of amides is 2. The van der Waals surface area contributed by atoms with Gasteiger partial charge < -0.3 is 24.4 Å². The molecule has 2 amide bonds. The summed E-state index contributed by atoms with van der Waals surface area (Å²) in [6.07, 6.45) is 3.22. The van der Waals surface area contributed by atoms with E-state index in [0.717, 1.165) is 18.8 Å². The molecule has 154 valence electrons. The molecule has 0 saturated carbocycles. The number of nitrogens with one attached hydrogen (secondary N) is 1. The van der Waals surface area contributed by atoms with Crippen molar-refractivity contribution in [1.29, 1.82) is 0 Å². The van der Waals surface area contributed by atoms with E-state index in [-0.39, 0.29) is 47.4 Å². The Morgan fingerprint density at radius 1 is 1.00 bits per heavy atom. The zero-order chi connectivity index (χ0) is 19.8. The first-order valence-electron chi connectivity index (χ1n) is 9.17. The van der Waals surface area contributed by atoms with E-state index >= 15 is 0 Å². The molecule has 0 aromatic heterocycles. The number of carbonyl (C=O) groups excluding carboxylic acids is 2. The molecule has 0 rings (SSSR count). The van der Waals surface area contributed by atoms with Crippen molar-refractivity contribution in [3.63, 3.8) is 0 Å². The molecular weight excluding hydrogens is 379 g/mol. The second kappa shape index (κ2) is 19.5. The molecule has 0 bridgehead atoms. The SMILES string of the molecule is CCC(C)NC(=O)C(CCOCCOCCOCCSC)C(=O)N(C)C.[Na+]. The molecule has 0 aromatic rings. The van der Waals surface area contributed by atoms with Gasteiger partial charge in [-0.3, -0.25) is 9.59 Å². The molecule has 0 aliphatic rings. The van der Waals surface area contributed by atoms with E-state index in [0.29, 0.717) is 39.5 Å². The average molecular weight is 416 g/mol. The number of hydrogen-bond acceptors (Lipinski definition) is 6. The maximum absolute atomic E-state index is 12.3. The maximum Gasteiger partial charge on any atom is 1.00 e. The molecule has 0 spiro atoms. The molecule has 27 heavy (non-hydrogen) atoms. The average Bonchev–Trinajstić information content (AvgIpc) is 2.61. The molecule has 2 atom stereocenters. The van der Waals surface area contributed by atoms with E-state index in [1.807, 2.05) is 20.1 Å². The van der Waals surface area contributed by atoms with E-state index in [1.165, 1.54) is 4.90 Å². The van der Waals surface area contributed by atoms with Crippen molar-refractivity contribution in [1.82, 2.24) is 10.2 Å². The number of ether oxygens (including phenoxy) is 3. The van der Waals surface area contributed by atoms with Crippen LogP contribution in [0.5, 0.6) is 0 Å². The predicted molar refractivity (Wildman–Crippen MR) is 106 cm³/mol. The van der Waals surface area contributed by atoms with Crippen molar-refractivity contribution in [2.24, 2.45) is 5.92 Å². The summed E-state index contributed by atoms with van der Waals surface area (Å²) >= 11 is 1.75. The third kappa shape index (κ3) is 15.7. The largest absolute Gasteiger partial charge is 1.00 e. The first-order chi connectivity index (χ1) is 12.4. The zero-order valence-corrected chi connectivity index (χ0v) is 20.7. The molecule has 0 aliphatic carbocycles. The Morgan fingerprint density at radius 3 is 2.00 bits per heavy atom. The van der Waals surface area contributed by atoms with Gasteiger partial charge in [-0.25, -0.2) is 0 Å². The van der Waals surface area contributed by atoms with Crippen LogP contribution < -0.4 is 34.9 Å². The Balaban J connectivity index is 0. The predicted octanol–water partition coefficient (Wildman–Crippen LogP) is -1.59. The Kier molecular flexibility index (Phi) is 21.2. The van der Waals surface area contributed by atoms with Crippen LogP contribution in [0.3, 0.4) is 0 Å². The molecule has 9 heteroatoms. The first kappa shape index (κ1) is 29.4. The quantitative estimate of drug-likeness (QED) is 0.186. The van der Waals surface area contributed by atoms with Crippen molar-refractivity contribution in [2.75, 3.05) is 65.7 Å². The van der Waals surface area contributed by atoms with Gasteiger partial charge in [0.2, 0.25) is 11.8 Å². The van der Waals surface area contributed by atoms with Gasteiger partial charge in [-0.2, -0.15) is 11.8 Å². The second-order valence-corrected chi connectivity index (χ2v) is 7.21. The topological polar surface area (TPSA) is 77.1 Å². The molecule has 1 N–H and O–H groups in total. The van der Waals surface area contributed by atoms with Gasteiger partial charge in [-0.15, -0.1) is 0 Å². The number of hydrogen-bond donors (Lipinski definition) is 1. The van der Waals surface area contributed by atoms with Crippen LogP contribution in [0.2, 0.25) is 0 Å². The maximum atomic E-state index is 12.3. The molecule has 0 heterocycles. The van der Waals surface area contributed by atoms with Gasteiger partial charge in [0.1, 0.15) is 5.92 Å². The fraction of sp³-hybridized carbons (Fsp3) is 0.889. The Hall–Kier alpha value is 0.170. The molecule has 0 aromatic carbocycles. The van der Waals surface area contributed by atoms with Crippen LogP contribution in [0.15, 0.2) is 0 Å². The monoisotopic (exact) mass is 415 g/mol. The van der Waals surface area contributed by atoms with E-state index in [2.05, 4.69) is 5.32 Å². The summed E-state index contributed by atoms with van der Waals surface area (Å²) in [5.74, 6) is -0.168. The minimum Gasteiger partial charge on any atom is -0.379 e. The summed E-state index contributed by atoms with van der Waals surface area (Å²) in [7, 11) is 3.31. The molecule has 2 unspecified atom stereocenters. The number of carbonyl (C=O) groups is 2. The van der Waals surface area contributed by atoms with Crippen LogP contribution >= 0.6 is 11.8 Å². The summed E-state index contributed by atoms with van der Waals surface area (Å²) in [6, 6.07) is 0.0485. The van der Waals surface area contributed by atoms with Crippen LogP contribution in [-0.2, 0) is 23.8 Å². The van der Waals surface area contributed by atoms with Crippen molar-refractivity contribution >= 4 is 23.6 Å². The van der Waals surface area contributed by atoms with E-state index in [9.17, 15) is 9.59 Å². The van der Waals surface area contributed by atoms with Gasteiger partial charge >= 0.3 is 29.6 Å². The van der Waals surface area contributed by atoms with Crippen molar-refractivity contribution in [3.05, 3.63) is 0 Å². The van der Waals surface area contributed by atoms with Crippen LogP contribution in [0.4, 0.5) is 0 Å². The minimum absolute atomic E-state index is 0. The zero-order valence-electron chi connectivity index (χ0n) is 17.9. The van der Waals surface area contributed by atoms with Gasteiger partial charge in [-0.05, 0) is 26.0 Å². The van der Waals surface area contributed by atoms with E-state index < -0.39 is 5.92 Å². The number of thioether (sulfide) groups is 1. The molecular formula is C18H36N2NaO5S+. The summed E-state index contributed by atoms with van der Waals surface area (Å²) in [5, 5.41) is 2.87. The summed E-state index contributed by atoms with van der Waals surface area (Å²) in [4.78, 5) is 26.0. The summed E-state index contributed by atoms with van der Waals surface area (Å²) in [5.41, 5.74) is 0. The van der Waals surface area contributed by atoms with Crippen LogP contribution in [0.1, 0.15) is 26.7 Å². The van der Waals surface area contributed by atoms with Gasteiger partial charge in [0, 0.05) is 32.5 Å². The molecule has 0 radical (unpaired) electrons.